The number of pyridine rings is 1. The van der Waals surface area contributed by atoms with Crippen LogP contribution in [0.5, 0.6) is 11.5 Å². The fraction of sp³-hybridized carbons (Fsp3) is 0.280. The molecular formula is C25H23F3N2O6S. The smallest absolute Gasteiger partial charge is 0.482 e. The quantitative estimate of drug-likeness (QED) is 0.458. The number of hydrogen-bond acceptors (Lipinski definition) is 6. The van der Waals surface area contributed by atoms with Gasteiger partial charge in [-0.3, -0.25) is 4.31 Å². The number of rotatable bonds is 7. The third-order valence-electron chi connectivity index (χ3n) is 5.79. The standard InChI is InChI=1S/C25H23F3N2O6S/c1-15-12-18(8-11-21(15)35-13-22(31)32)37(33,34)30-14-24(2,3)23-20(30)10-9-19(29-23)16-4-6-17(7-5-16)36-25(26,27)28/h4-12H,13-14H2,1-3H3,(H,31,32). The number of carboxylic acids is 1. The SMILES string of the molecule is Cc1cc(S(=O)(=O)N2CC(C)(C)c3nc(-c4ccc(OC(F)(F)F)cc4)ccc32)ccc1OCC(=O)O. The molecule has 0 saturated carbocycles. The lowest BCUT2D eigenvalue weighted by Crippen LogP contribution is -2.34. The summed E-state index contributed by atoms with van der Waals surface area (Å²) in [7, 11) is -4.00. The van der Waals surface area contributed by atoms with E-state index in [4.69, 9.17) is 9.84 Å². The normalized spacial score (nSPS) is 14.8. The number of aryl methyl sites for hydroxylation is 1. The van der Waals surface area contributed by atoms with E-state index in [1.165, 1.54) is 46.8 Å². The highest BCUT2D eigenvalue weighted by molar-refractivity contribution is 7.92. The van der Waals surface area contributed by atoms with Crippen LogP contribution in [-0.2, 0) is 20.2 Å². The molecule has 1 aliphatic heterocycles. The molecule has 37 heavy (non-hydrogen) atoms. The molecule has 0 amide bonds. The third kappa shape index (κ3) is 5.48. The second-order valence-corrected chi connectivity index (χ2v) is 11.0. The van der Waals surface area contributed by atoms with Gasteiger partial charge in [0.25, 0.3) is 10.0 Å². The number of fused-ring (bicyclic) bond motifs is 1. The molecule has 1 aromatic heterocycles. The summed E-state index contributed by atoms with van der Waals surface area (Å²) in [6.07, 6.45) is -4.79. The first-order valence-electron chi connectivity index (χ1n) is 11.0. The number of alkyl halides is 3. The van der Waals surface area contributed by atoms with Crippen LogP contribution in [0.15, 0.2) is 59.5 Å². The van der Waals surface area contributed by atoms with Gasteiger partial charge in [-0.15, -0.1) is 13.2 Å². The molecule has 0 saturated heterocycles. The topological polar surface area (TPSA) is 106 Å². The summed E-state index contributed by atoms with van der Waals surface area (Å²) in [6, 6.07) is 12.7. The molecule has 0 spiro atoms. The van der Waals surface area contributed by atoms with E-state index < -0.39 is 34.4 Å². The maximum absolute atomic E-state index is 13.6. The first-order valence-corrected chi connectivity index (χ1v) is 12.5. The van der Waals surface area contributed by atoms with Gasteiger partial charge in [0.2, 0.25) is 0 Å². The number of carboxylic acid groups (broad SMARTS) is 1. The maximum Gasteiger partial charge on any atom is 0.573 e. The Morgan fingerprint density at radius 3 is 2.38 bits per heavy atom. The number of anilines is 1. The summed E-state index contributed by atoms with van der Waals surface area (Å²) < 4.78 is 74.9. The van der Waals surface area contributed by atoms with Crippen molar-refractivity contribution in [3.63, 3.8) is 0 Å². The van der Waals surface area contributed by atoms with E-state index in [-0.39, 0.29) is 22.9 Å². The van der Waals surface area contributed by atoms with Gasteiger partial charge in [0.1, 0.15) is 11.5 Å². The number of halogens is 3. The van der Waals surface area contributed by atoms with Crippen LogP contribution in [0.4, 0.5) is 18.9 Å². The molecule has 0 radical (unpaired) electrons. The highest BCUT2D eigenvalue weighted by Gasteiger charge is 2.43. The molecule has 8 nitrogen and oxygen atoms in total. The summed E-state index contributed by atoms with van der Waals surface area (Å²) >= 11 is 0. The van der Waals surface area contributed by atoms with Crippen molar-refractivity contribution in [1.82, 2.24) is 4.98 Å². The Kier molecular flexibility index (Phi) is 6.57. The number of benzene rings is 2. The molecule has 1 aliphatic rings. The number of sulfonamides is 1. The van der Waals surface area contributed by atoms with Gasteiger partial charge in [0.15, 0.2) is 6.61 Å². The Balaban J connectivity index is 1.65. The van der Waals surface area contributed by atoms with Crippen molar-refractivity contribution in [3.05, 3.63) is 65.9 Å². The van der Waals surface area contributed by atoms with Crippen LogP contribution in [-0.4, -0.2) is 44.0 Å². The number of aromatic nitrogens is 1. The van der Waals surface area contributed by atoms with Gasteiger partial charge in [-0.25, -0.2) is 18.2 Å². The molecule has 0 fully saturated rings. The fourth-order valence-corrected chi connectivity index (χ4v) is 5.80. The molecule has 3 aromatic rings. The van der Waals surface area contributed by atoms with Gasteiger partial charge in [-0.1, -0.05) is 13.8 Å². The molecule has 4 rings (SSSR count). The van der Waals surface area contributed by atoms with Crippen LogP contribution >= 0.6 is 0 Å². The van der Waals surface area contributed by atoms with Crippen LogP contribution in [0.2, 0.25) is 0 Å². The summed E-state index contributed by atoms with van der Waals surface area (Å²) in [5, 5.41) is 8.80. The van der Waals surface area contributed by atoms with Crippen molar-refractivity contribution in [2.75, 3.05) is 17.5 Å². The van der Waals surface area contributed by atoms with E-state index in [0.29, 0.717) is 28.2 Å². The van der Waals surface area contributed by atoms with Gasteiger partial charge < -0.3 is 14.6 Å². The highest BCUT2D eigenvalue weighted by Crippen LogP contribution is 2.43. The van der Waals surface area contributed by atoms with Gasteiger partial charge >= 0.3 is 12.3 Å². The molecule has 12 heteroatoms. The van der Waals surface area contributed by atoms with Crippen LogP contribution in [0, 0.1) is 6.92 Å². The molecule has 0 unspecified atom stereocenters. The minimum Gasteiger partial charge on any atom is -0.482 e. The molecule has 196 valence electrons. The minimum atomic E-state index is -4.79. The average Bonchev–Trinajstić information content (AvgIpc) is 3.08. The first-order chi connectivity index (χ1) is 17.2. The summed E-state index contributed by atoms with van der Waals surface area (Å²) in [4.78, 5) is 15.4. The number of nitrogens with zero attached hydrogens (tertiary/aromatic N) is 2. The number of ether oxygens (including phenoxy) is 2. The number of carbonyl (C=O) groups is 1. The Bertz CT molecular complexity index is 1450. The minimum absolute atomic E-state index is 0.0145. The maximum atomic E-state index is 13.6. The van der Waals surface area contributed by atoms with Gasteiger partial charge in [0.05, 0.1) is 22.0 Å². The lowest BCUT2D eigenvalue weighted by molar-refractivity contribution is -0.274. The lowest BCUT2D eigenvalue weighted by atomic mass is 9.91. The van der Waals surface area contributed by atoms with Gasteiger partial charge in [0, 0.05) is 17.5 Å². The third-order valence-corrected chi connectivity index (χ3v) is 7.55. The summed E-state index contributed by atoms with van der Waals surface area (Å²) in [6.45, 7) is 4.90. The number of hydrogen-bond donors (Lipinski definition) is 1. The molecule has 0 bridgehead atoms. The molecule has 0 aliphatic carbocycles. The van der Waals surface area contributed by atoms with E-state index in [0.717, 1.165) is 0 Å². The predicted molar refractivity (Wildman–Crippen MR) is 128 cm³/mol. The average molecular weight is 537 g/mol. The van der Waals surface area contributed by atoms with Gasteiger partial charge in [-0.05, 0) is 67.1 Å². The van der Waals surface area contributed by atoms with Crippen molar-refractivity contribution >= 4 is 21.7 Å². The van der Waals surface area contributed by atoms with E-state index in [1.54, 1.807) is 19.1 Å². The zero-order chi connectivity index (χ0) is 27.2. The Labute approximate surface area is 211 Å². The highest BCUT2D eigenvalue weighted by atomic mass is 32.2. The zero-order valence-electron chi connectivity index (χ0n) is 20.0. The van der Waals surface area contributed by atoms with E-state index in [1.807, 2.05) is 13.8 Å². The monoisotopic (exact) mass is 536 g/mol. The van der Waals surface area contributed by atoms with Crippen molar-refractivity contribution < 1.29 is 41.0 Å². The Morgan fingerprint density at radius 2 is 1.78 bits per heavy atom. The molecule has 1 N–H and O–H groups in total. The zero-order valence-corrected chi connectivity index (χ0v) is 20.9. The van der Waals surface area contributed by atoms with Crippen LogP contribution < -0.4 is 13.8 Å². The molecular weight excluding hydrogens is 513 g/mol. The predicted octanol–water partition coefficient (Wildman–Crippen LogP) is 4.91. The van der Waals surface area contributed by atoms with Crippen molar-refractivity contribution in [2.24, 2.45) is 0 Å². The van der Waals surface area contributed by atoms with E-state index in [9.17, 15) is 26.4 Å². The van der Waals surface area contributed by atoms with Crippen molar-refractivity contribution in [2.45, 2.75) is 37.4 Å². The Morgan fingerprint density at radius 1 is 1.11 bits per heavy atom. The second kappa shape index (κ2) is 9.25. The van der Waals surface area contributed by atoms with Gasteiger partial charge in [-0.2, -0.15) is 0 Å². The Hall–Kier alpha value is -3.80. The number of aliphatic carboxylic acids is 1. The molecule has 2 aromatic carbocycles. The summed E-state index contributed by atoms with van der Waals surface area (Å²) in [5.74, 6) is -1.24. The first kappa shape index (κ1) is 26.3. The molecule has 0 atom stereocenters. The summed E-state index contributed by atoms with van der Waals surface area (Å²) in [5.41, 5.74) is 1.75. The van der Waals surface area contributed by atoms with Crippen LogP contribution in [0.1, 0.15) is 25.1 Å². The largest absolute Gasteiger partial charge is 0.573 e. The van der Waals surface area contributed by atoms with E-state index >= 15 is 0 Å². The van der Waals surface area contributed by atoms with Crippen molar-refractivity contribution in [3.8, 4) is 22.8 Å². The van der Waals surface area contributed by atoms with Crippen molar-refractivity contribution in [1.29, 1.82) is 0 Å². The van der Waals surface area contributed by atoms with Crippen LogP contribution in [0.25, 0.3) is 11.3 Å². The molecule has 2 heterocycles. The lowest BCUT2D eigenvalue weighted by Gasteiger charge is -2.22. The van der Waals surface area contributed by atoms with Crippen LogP contribution in [0.3, 0.4) is 0 Å². The second-order valence-electron chi connectivity index (χ2n) is 9.14. The fourth-order valence-electron chi connectivity index (χ4n) is 4.08. The van der Waals surface area contributed by atoms with E-state index in [2.05, 4.69) is 9.72 Å².